The van der Waals surface area contributed by atoms with E-state index in [4.69, 9.17) is 5.73 Å². The number of primary amides is 1. The third-order valence-electron chi connectivity index (χ3n) is 3.20. The van der Waals surface area contributed by atoms with Crippen LogP contribution in [0.3, 0.4) is 0 Å². The molecule has 0 aliphatic carbocycles. The molecule has 0 radical (unpaired) electrons. The number of aromatic nitrogens is 4. The maximum Gasteiger partial charge on any atom is 0.240 e. The summed E-state index contributed by atoms with van der Waals surface area (Å²) in [7, 11) is 0. The van der Waals surface area contributed by atoms with Crippen LogP contribution >= 0.6 is 0 Å². The van der Waals surface area contributed by atoms with E-state index in [0.29, 0.717) is 0 Å². The molecular weight excluding hydrogens is 284 g/mol. The van der Waals surface area contributed by atoms with Crippen molar-refractivity contribution < 1.29 is 9.59 Å². The predicted octanol–water partition coefficient (Wildman–Crippen LogP) is -0.169. The van der Waals surface area contributed by atoms with Crippen molar-refractivity contribution in [3.8, 4) is 5.69 Å². The van der Waals surface area contributed by atoms with Crippen molar-refractivity contribution >= 4 is 11.8 Å². The molecule has 116 valence electrons. The Morgan fingerprint density at radius 1 is 1.27 bits per heavy atom. The largest absolute Gasteiger partial charge is 0.368 e. The van der Waals surface area contributed by atoms with E-state index in [9.17, 15) is 9.59 Å². The minimum absolute atomic E-state index is 0.0522. The third-order valence-corrected chi connectivity index (χ3v) is 3.20. The highest BCUT2D eigenvalue weighted by molar-refractivity contribution is 5.87. The molecule has 1 unspecified atom stereocenters. The van der Waals surface area contributed by atoms with Crippen LogP contribution in [-0.2, 0) is 16.0 Å². The van der Waals surface area contributed by atoms with Gasteiger partial charge in [0.25, 0.3) is 0 Å². The molecule has 0 fully saturated rings. The first-order chi connectivity index (χ1) is 10.5. The lowest BCUT2D eigenvalue weighted by atomic mass is 10.0. The minimum atomic E-state index is -0.659. The molecule has 0 saturated carbocycles. The SMILES string of the molecule is CC(C)C(NC(=O)Cc1ccc(-n2cnnn2)cc1)C(N)=O. The van der Waals surface area contributed by atoms with Crippen LogP contribution in [0.2, 0.25) is 0 Å². The number of amides is 2. The predicted molar refractivity (Wildman–Crippen MR) is 78.8 cm³/mol. The van der Waals surface area contributed by atoms with E-state index in [1.807, 2.05) is 38.1 Å². The van der Waals surface area contributed by atoms with Gasteiger partial charge in [0, 0.05) is 0 Å². The quantitative estimate of drug-likeness (QED) is 0.768. The lowest BCUT2D eigenvalue weighted by Crippen LogP contribution is -2.48. The second-order valence-electron chi connectivity index (χ2n) is 5.29. The van der Waals surface area contributed by atoms with Crippen LogP contribution < -0.4 is 11.1 Å². The van der Waals surface area contributed by atoms with Crippen LogP contribution in [-0.4, -0.2) is 38.1 Å². The summed E-state index contributed by atoms with van der Waals surface area (Å²) in [6.07, 6.45) is 1.66. The summed E-state index contributed by atoms with van der Waals surface area (Å²) in [5, 5.41) is 13.6. The van der Waals surface area contributed by atoms with E-state index < -0.39 is 11.9 Å². The number of benzene rings is 1. The molecule has 8 heteroatoms. The van der Waals surface area contributed by atoms with Gasteiger partial charge in [0.2, 0.25) is 11.8 Å². The number of tetrazole rings is 1. The number of hydrogen-bond acceptors (Lipinski definition) is 5. The second kappa shape index (κ2) is 6.79. The summed E-state index contributed by atoms with van der Waals surface area (Å²) in [4.78, 5) is 23.3. The van der Waals surface area contributed by atoms with Crippen LogP contribution in [0.4, 0.5) is 0 Å². The lowest BCUT2D eigenvalue weighted by Gasteiger charge is -2.18. The van der Waals surface area contributed by atoms with E-state index >= 15 is 0 Å². The highest BCUT2D eigenvalue weighted by Crippen LogP contribution is 2.09. The fraction of sp³-hybridized carbons (Fsp3) is 0.357. The molecule has 22 heavy (non-hydrogen) atoms. The van der Waals surface area contributed by atoms with Crippen LogP contribution in [0, 0.1) is 5.92 Å². The number of nitrogens with zero attached hydrogens (tertiary/aromatic N) is 4. The van der Waals surface area contributed by atoms with Crippen LogP contribution in [0.1, 0.15) is 19.4 Å². The first-order valence-electron chi connectivity index (χ1n) is 6.88. The Morgan fingerprint density at radius 2 is 1.95 bits per heavy atom. The molecule has 2 aromatic rings. The second-order valence-corrected chi connectivity index (χ2v) is 5.29. The van der Waals surface area contributed by atoms with Crippen LogP contribution in [0.5, 0.6) is 0 Å². The molecule has 2 rings (SSSR count). The van der Waals surface area contributed by atoms with Crippen molar-refractivity contribution in [2.24, 2.45) is 11.7 Å². The van der Waals surface area contributed by atoms with Gasteiger partial charge in [0.15, 0.2) is 0 Å². The van der Waals surface area contributed by atoms with Gasteiger partial charge in [-0.15, -0.1) is 5.10 Å². The average Bonchev–Trinajstić information content (AvgIpc) is 2.99. The van der Waals surface area contributed by atoms with Crippen molar-refractivity contribution in [2.75, 3.05) is 0 Å². The van der Waals surface area contributed by atoms with E-state index in [2.05, 4.69) is 20.8 Å². The van der Waals surface area contributed by atoms with Crippen molar-refractivity contribution in [3.05, 3.63) is 36.2 Å². The minimum Gasteiger partial charge on any atom is -0.368 e. The molecule has 1 heterocycles. The zero-order valence-electron chi connectivity index (χ0n) is 12.4. The van der Waals surface area contributed by atoms with Crippen molar-refractivity contribution in [1.82, 2.24) is 25.5 Å². The third kappa shape index (κ3) is 3.87. The Bertz CT molecular complexity index is 636. The molecule has 0 aliphatic heterocycles. The summed E-state index contributed by atoms with van der Waals surface area (Å²) in [5.41, 5.74) is 6.90. The number of carbonyl (C=O) groups is 2. The smallest absolute Gasteiger partial charge is 0.240 e. The van der Waals surface area contributed by atoms with Gasteiger partial charge in [0.1, 0.15) is 12.4 Å². The molecule has 1 atom stereocenters. The summed E-state index contributed by atoms with van der Waals surface area (Å²) < 4.78 is 1.52. The topological polar surface area (TPSA) is 116 Å². The number of carbonyl (C=O) groups excluding carboxylic acids is 2. The first-order valence-corrected chi connectivity index (χ1v) is 6.88. The standard InChI is InChI=1S/C14H18N6O2/c1-9(2)13(14(15)22)17-12(21)7-10-3-5-11(6-4-10)20-8-16-18-19-20/h3-6,8-9,13H,7H2,1-2H3,(H2,15,22)(H,17,21). The van der Waals surface area contributed by atoms with E-state index in [-0.39, 0.29) is 18.2 Å². The zero-order valence-corrected chi connectivity index (χ0v) is 12.4. The lowest BCUT2D eigenvalue weighted by molar-refractivity contribution is -0.127. The number of nitrogens with one attached hydrogen (secondary N) is 1. The maximum atomic E-state index is 12.0. The zero-order chi connectivity index (χ0) is 16.1. The van der Waals surface area contributed by atoms with Gasteiger partial charge < -0.3 is 11.1 Å². The van der Waals surface area contributed by atoms with Crippen LogP contribution in [0.25, 0.3) is 5.69 Å². The van der Waals surface area contributed by atoms with Gasteiger partial charge in [-0.1, -0.05) is 26.0 Å². The van der Waals surface area contributed by atoms with Crippen molar-refractivity contribution in [1.29, 1.82) is 0 Å². The summed E-state index contributed by atoms with van der Waals surface area (Å²) in [5.74, 6) is -0.825. The van der Waals surface area contributed by atoms with Gasteiger partial charge >= 0.3 is 0 Å². The van der Waals surface area contributed by atoms with E-state index in [1.54, 1.807) is 0 Å². The Kier molecular flexibility index (Phi) is 4.82. The summed E-state index contributed by atoms with van der Waals surface area (Å²) >= 11 is 0. The first kappa shape index (κ1) is 15.6. The highest BCUT2D eigenvalue weighted by atomic mass is 16.2. The molecule has 2 amide bonds. The van der Waals surface area contributed by atoms with Gasteiger partial charge in [-0.25, -0.2) is 4.68 Å². The monoisotopic (exact) mass is 302 g/mol. The Hall–Kier alpha value is -2.77. The molecule has 0 spiro atoms. The highest BCUT2D eigenvalue weighted by Gasteiger charge is 2.21. The Labute approximate surface area is 127 Å². The molecule has 3 N–H and O–H groups in total. The number of nitrogens with two attached hydrogens (primary N) is 1. The fourth-order valence-electron chi connectivity index (χ4n) is 2.02. The van der Waals surface area contributed by atoms with Gasteiger partial charge in [0.05, 0.1) is 12.1 Å². The van der Waals surface area contributed by atoms with Gasteiger partial charge in [-0.05, 0) is 34.0 Å². The van der Waals surface area contributed by atoms with E-state index in [1.165, 1.54) is 11.0 Å². The molecule has 0 bridgehead atoms. The fourth-order valence-corrected chi connectivity index (χ4v) is 2.02. The molecule has 8 nitrogen and oxygen atoms in total. The summed E-state index contributed by atoms with van der Waals surface area (Å²) in [6, 6.07) is 6.59. The molecular formula is C14H18N6O2. The van der Waals surface area contributed by atoms with E-state index in [0.717, 1.165) is 11.3 Å². The number of hydrogen-bond donors (Lipinski definition) is 2. The van der Waals surface area contributed by atoms with Gasteiger partial charge in [-0.2, -0.15) is 0 Å². The average molecular weight is 302 g/mol. The summed E-state index contributed by atoms with van der Waals surface area (Å²) in [6.45, 7) is 3.66. The molecule has 1 aromatic heterocycles. The normalized spacial score (nSPS) is 12.1. The molecule has 1 aromatic carbocycles. The maximum absolute atomic E-state index is 12.0. The van der Waals surface area contributed by atoms with Crippen LogP contribution in [0.15, 0.2) is 30.6 Å². The Balaban J connectivity index is 1.98. The Morgan fingerprint density at radius 3 is 2.45 bits per heavy atom. The van der Waals surface area contributed by atoms with Gasteiger partial charge in [-0.3, -0.25) is 9.59 Å². The molecule has 0 aliphatic rings. The molecule has 0 saturated heterocycles. The number of rotatable bonds is 6. The van der Waals surface area contributed by atoms with Crippen molar-refractivity contribution in [2.45, 2.75) is 26.3 Å². The van der Waals surface area contributed by atoms with Crippen molar-refractivity contribution in [3.63, 3.8) is 0 Å².